The molecule has 0 unspecified atom stereocenters. The van der Waals surface area contributed by atoms with Crippen LogP contribution in [0.1, 0.15) is 12.8 Å². The Bertz CT molecular complexity index is 751. The highest BCUT2D eigenvalue weighted by molar-refractivity contribution is 5.95. The number of amides is 2. The van der Waals surface area contributed by atoms with Gasteiger partial charge in [0.05, 0.1) is 5.69 Å². The van der Waals surface area contributed by atoms with Gasteiger partial charge in [0, 0.05) is 13.0 Å². The Balaban J connectivity index is 1.76. The van der Waals surface area contributed by atoms with E-state index in [1.165, 1.54) is 17.0 Å². The third-order valence-corrected chi connectivity index (χ3v) is 4.03. The smallest absolute Gasteiger partial charge is 0.266 e. The second-order valence-corrected chi connectivity index (χ2v) is 5.78. The van der Waals surface area contributed by atoms with Gasteiger partial charge in [0.15, 0.2) is 6.61 Å². The Morgan fingerprint density at radius 2 is 1.84 bits per heavy atom. The van der Waals surface area contributed by atoms with E-state index in [0.717, 1.165) is 6.42 Å². The Morgan fingerprint density at radius 3 is 2.52 bits per heavy atom. The summed E-state index contributed by atoms with van der Waals surface area (Å²) < 4.78 is 19.7. The molecule has 1 aliphatic heterocycles. The molecule has 0 atom stereocenters. The molecule has 0 spiro atoms. The van der Waals surface area contributed by atoms with Crippen LogP contribution in [0.25, 0.3) is 0 Å². The van der Waals surface area contributed by atoms with E-state index in [-0.39, 0.29) is 24.9 Å². The molecule has 0 saturated carbocycles. The summed E-state index contributed by atoms with van der Waals surface area (Å²) in [5, 5.41) is 0. The zero-order valence-electron chi connectivity index (χ0n) is 13.7. The van der Waals surface area contributed by atoms with Gasteiger partial charge in [-0.3, -0.25) is 14.5 Å². The number of halogens is 1. The fraction of sp³-hybridized carbons (Fsp3) is 0.263. The normalized spacial score (nSPS) is 13.8. The molecule has 1 heterocycles. The van der Waals surface area contributed by atoms with Crippen molar-refractivity contribution in [3.8, 4) is 5.75 Å². The summed E-state index contributed by atoms with van der Waals surface area (Å²) in [6.45, 7) is 0.355. The molecule has 0 aliphatic carbocycles. The highest BCUT2D eigenvalue weighted by Gasteiger charge is 2.27. The van der Waals surface area contributed by atoms with Crippen molar-refractivity contribution >= 4 is 17.5 Å². The molecule has 1 aliphatic rings. The van der Waals surface area contributed by atoms with Crippen LogP contribution in [0.15, 0.2) is 54.6 Å². The van der Waals surface area contributed by atoms with E-state index in [1.807, 2.05) is 6.07 Å². The Morgan fingerprint density at radius 1 is 1.12 bits per heavy atom. The Labute approximate surface area is 145 Å². The topological polar surface area (TPSA) is 49.9 Å². The van der Waals surface area contributed by atoms with Crippen molar-refractivity contribution in [3.63, 3.8) is 0 Å². The summed E-state index contributed by atoms with van der Waals surface area (Å²) in [6, 6.07) is 15.0. The van der Waals surface area contributed by atoms with Gasteiger partial charge in [-0.05, 0) is 30.7 Å². The summed E-state index contributed by atoms with van der Waals surface area (Å²) in [7, 11) is 0. The molecule has 2 amide bonds. The Kier molecular flexibility index (Phi) is 5.28. The van der Waals surface area contributed by atoms with E-state index < -0.39 is 11.7 Å². The minimum absolute atomic E-state index is 0.0246. The molecule has 0 aromatic heterocycles. The standard InChI is InChI=1S/C19H19FN2O3/c20-16-9-4-5-10-17(16)22(14-21-12-6-11-18(21)23)19(24)13-25-15-7-2-1-3-8-15/h1-5,7-10H,6,11-14H2. The van der Waals surface area contributed by atoms with E-state index in [4.69, 9.17) is 4.74 Å². The maximum absolute atomic E-state index is 14.2. The average molecular weight is 342 g/mol. The van der Waals surface area contributed by atoms with Crippen molar-refractivity contribution in [2.45, 2.75) is 12.8 Å². The van der Waals surface area contributed by atoms with Gasteiger partial charge in [-0.2, -0.15) is 0 Å². The molecular formula is C19H19FN2O3. The van der Waals surface area contributed by atoms with Crippen LogP contribution in [0.3, 0.4) is 0 Å². The molecule has 1 fully saturated rings. The number of benzene rings is 2. The Hall–Kier alpha value is -2.89. The van der Waals surface area contributed by atoms with E-state index in [1.54, 1.807) is 41.3 Å². The molecule has 1 saturated heterocycles. The first-order valence-corrected chi connectivity index (χ1v) is 8.15. The van der Waals surface area contributed by atoms with Gasteiger partial charge in [-0.25, -0.2) is 4.39 Å². The number of carbonyl (C=O) groups is 2. The van der Waals surface area contributed by atoms with Gasteiger partial charge in [0.25, 0.3) is 5.91 Å². The van der Waals surface area contributed by atoms with Crippen LogP contribution in [0.4, 0.5) is 10.1 Å². The van der Waals surface area contributed by atoms with E-state index in [9.17, 15) is 14.0 Å². The predicted octanol–water partition coefficient (Wildman–Crippen LogP) is 2.82. The molecule has 0 radical (unpaired) electrons. The second-order valence-electron chi connectivity index (χ2n) is 5.78. The van der Waals surface area contributed by atoms with Crippen LogP contribution in [0.5, 0.6) is 5.75 Å². The minimum Gasteiger partial charge on any atom is -0.484 e. The number of carbonyl (C=O) groups excluding carboxylic acids is 2. The molecule has 6 heteroatoms. The van der Waals surface area contributed by atoms with Gasteiger partial charge < -0.3 is 9.64 Å². The van der Waals surface area contributed by atoms with Crippen molar-refractivity contribution in [1.82, 2.24) is 4.90 Å². The molecule has 0 N–H and O–H groups in total. The van der Waals surface area contributed by atoms with Gasteiger partial charge in [0.2, 0.25) is 5.91 Å². The molecule has 0 bridgehead atoms. The van der Waals surface area contributed by atoms with Crippen molar-refractivity contribution in [2.24, 2.45) is 0 Å². The fourth-order valence-electron chi connectivity index (χ4n) is 2.72. The number of likely N-dealkylation sites (tertiary alicyclic amines) is 1. The lowest BCUT2D eigenvalue weighted by Gasteiger charge is -2.28. The summed E-state index contributed by atoms with van der Waals surface area (Å²) in [6.07, 6.45) is 1.21. The summed E-state index contributed by atoms with van der Waals surface area (Å²) in [5.41, 5.74) is 0.142. The molecule has 25 heavy (non-hydrogen) atoms. The van der Waals surface area contributed by atoms with E-state index in [2.05, 4.69) is 0 Å². The summed E-state index contributed by atoms with van der Waals surface area (Å²) in [4.78, 5) is 27.4. The van der Waals surface area contributed by atoms with Gasteiger partial charge in [-0.15, -0.1) is 0 Å². The lowest BCUT2D eigenvalue weighted by Crippen LogP contribution is -2.44. The van der Waals surface area contributed by atoms with E-state index >= 15 is 0 Å². The lowest BCUT2D eigenvalue weighted by atomic mass is 10.2. The maximum atomic E-state index is 14.2. The van der Waals surface area contributed by atoms with Crippen molar-refractivity contribution < 1.29 is 18.7 Å². The molecule has 5 nitrogen and oxygen atoms in total. The first-order valence-electron chi connectivity index (χ1n) is 8.15. The van der Waals surface area contributed by atoms with Crippen LogP contribution >= 0.6 is 0 Å². The zero-order chi connectivity index (χ0) is 17.6. The predicted molar refractivity (Wildman–Crippen MR) is 91.6 cm³/mol. The molecular weight excluding hydrogens is 323 g/mol. The molecule has 130 valence electrons. The fourth-order valence-corrected chi connectivity index (χ4v) is 2.72. The zero-order valence-corrected chi connectivity index (χ0v) is 13.7. The number of hydrogen-bond donors (Lipinski definition) is 0. The number of ether oxygens (including phenoxy) is 1. The van der Waals surface area contributed by atoms with Crippen LogP contribution in [0, 0.1) is 5.82 Å². The highest BCUT2D eigenvalue weighted by atomic mass is 19.1. The largest absolute Gasteiger partial charge is 0.484 e. The van der Waals surface area contributed by atoms with Gasteiger partial charge >= 0.3 is 0 Å². The number of anilines is 1. The van der Waals surface area contributed by atoms with Crippen LogP contribution < -0.4 is 9.64 Å². The van der Waals surface area contributed by atoms with Gasteiger partial charge in [-0.1, -0.05) is 30.3 Å². The van der Waals surface area contributed by atoms with Crippen molar-refractivity contribution in [1.29, 1.82) is 0 Å². The molecule has 2 aromatic carbocycles. The van der Waals surface area contributed by atoms with Crippen LogP contribution in [-0.2, 0) is 9.59 Å². The van der Waals surface area contributed by atoms with Gasteiger partial charge in [0.1, 0.15) is 18.2 Å². The van der Waals surface area contributed by atoms with Crippen LogP contribution in [0.2, 0.25) is 0 Å². The SMILES string of the molecule is O=C1CCCN1CN(C(=O)COc1ccccc1)c1ccccc1F. The second kappa shape index (κ2) is 7.79. The first kappa shape index (κ1) is 17.0. The molecule has 2 aromatic rings. The third kappa shape index (κ3) is 4.15. The van der Waals surface area contributed by atoms with E-state index in [0.29, 0.717) is 18.7 Å². The lowest BCUT2D eigenvalue weighted by molar-refractivity contribution is -0.128. The quantitative estimate of drug-likeness (QED) is 0.811. The van der Waals surface area contributed by atoms with Crippen LogP contribution in [-0.4, -0.2) is 36.5 Å². The number of rotatable bonds is 6. The third-order valence-electron chi connectivity index (χ3n) is 4.03. The summed E-state index contributed by atoms with van der Waals surface area (Å²) >= 11 is 0. The van der Waals surface area contributed by atoms with Crippen molar-refractivity contribution in [2.75, 3.05) is 24.7 Å². The molecule has 3 rings (SSSR count). The van der Waals surface area contributed by atoms with Crippen molar-refractivity contribution in [3.05, 3.63) is 60.4 Å². The number of hydrogen-bond acceptors (Lipinski definition) is 3. The highest BCUT2D eigenvalue weighted by Crippen LogP contribution is 2.21. The summed E-state index contributed by atoms with van der Waals surface area (Å²) in [5.74, 6) is -0.393. The average Bonchev–Trinajstić information content (AvgIpc) is 3.04. The maximum Gasteiger partial charge on any atom is 0.266 e. The first-order chi connectivity index (χ1) is 12.1. The monoisotopic (exact) mass is 342 g/mol. The minimum atomic E-state index is -0.512. The number of nitrogens with zero attached hydrogens (tertiary/aromatic N) is 2. The number of para-hydroxylation sites is 2.